The molecule has 2 atom stereocenters. The van der Waals surface area contributed by atoms with E-state index in [1.807, 2.05) is 17.0 Å². The van der Waals surface area contributed by atoms with E-state index in [2.05, 4.69) is 67.2 Å². The molecule has 2 aromatic rings. The molecule has 4 rings (SSSR count). The average molecular weight is 378 g/mol. The fraction of sp³-hybridized carbons (Fsp3) is 0.458. The third-order valence-corrected chi connectivity index (χ3v) is 6.33. The summed E-state index contributed by atoms with van der Waals surface area (Å²) in [7, 11) is 4.23. The molecule has 148 valence electrons. The Balaban J connectivity index is 1.50. The molecule has 0 aromatic heterocycles. The predicted octanol–water partition coefficient (Wildman–Crippen LogP) is 3.77. The number of benzene rings is 2. The van der Waals surface area contributed by atoms with Gasteiger partial charge in [0, 0.05) is 49.4 Å². The van der Waals surface area contributed by atoms with Crippen molar-refractivity contribution >= 4 is 11.6 Å². The van der Waals surface area contributed by atoms with Crippen molar-refractivity contribution in [2.45, 2.75) is 31.7 Å². The quantitative estimate of drug-likeness (QED) is 0.812. The van der Waals surface area contributed by atoms with Crippen LogP contribution in [0.1, 0.15) is 40.2 Å². The molecule has 0 bridgehead atoms. The Morgan fingerprint density at radius 3 is 2.18 bits per heavy atom. The van der Waals surface area contributed by atoms with E-state index in [1.54, 1.807) is 0 Å². The van der Waals surface area contributed by atoms with Gasteiger partial charge in [0.15, 0.2) is 0 Å². The van der Waals surface area contributed by atoms with Gasteiger partial charge in [0.05, 0.1) is 0 Å². The fourth-order valence-corrected chi connectivity index (χ4v) is 4.59. The largest absolute Gasteiger partial charge is 0.372 e. The highest BCUT2D eigenvalue weighted by Crippen LogP contribution is 2.31. The van der Waals surface area contributed by atoms with Gasteiger partial charge >= 0.3 is 0 Å². The van der Waals surface area contributed by atoms with Gasteiger partial charge in [0.25, 0.3) is 5.91 Å². The normalized spacial score (nSPS) is 22.3. The number of carbonyl (C=O) groups is 1. The minimum absolute atomic E-state index is 0.148. The van der Waals surface area contributed by atoms with Crippen LogP contribution in [0.3, 0.4) is 0 Å². The summed E-state index contributed by atoms with van der Waals surface area (Å²) in [6, 6.07) is 17.3. The molecule has 2 heterocycles. The molecule has 0 radical (unpaired) electrons. The maximum Gasteiger partial charge on any atom is 0.253 e. The van der Waals surface area contributed by atoms with E-state index >= 15 is 0 Å². The van der Waals surface area contributed by atoms with Crippen molar-refractivity contribution in [3.05, 3.63) is 65.2 Å². The van der Waals surface area contributed by atoms with Crippen molar-refractivity contribution in [1.29, 1.82) is 0 Å². The molecule has 2 aliphatic heterocycles. The van der Waals surface area contributed by atoms with Crippen molar-refractivity contribution < 1.29 is 4.79 Å². The summed E-state index contributed by atoms with van der Waals surface area (Å²) in [5.74, 6) is 0.498. The van der Waals surface area contributed by atoms with Crippen LogP contribution in [0.4, 0.5) is 5.69 Å². The van der Waals surface area contributed by atoms with Gasteiger partial charge in [-0.05, 0) is 63.7 Å². The van der Waals surface area contributed by atoms with E-state index in [-0.39, 0.29) is 5.91 Å². The van der Waals surface area contributed by atoms with Crippen LogP contribution in [0.2, 0.25) is 0 Å². The monoisotopic (exact) mass is 377 g/mol. The number of nitrogens with zero attached hydrogens (tertiary/aromatic N) is 3. The third-order valence-electron chi connectivity index (χ3n) is 6.33. The van der Waals surface area contributed by atoms with Crippen LogP contribution in [-0.2, 0) is 0 Å². The highest BCUT2D eigenvalue weighted by atomic mass is 16.2. The van der Waals surface area contributed by atoms with Crippen LogP contribution in [0.25, 0.3) is 0 Å². The van der Waals surface area contributed by atoms with Gasteiger partial charge in [-0.2, -0.15) is 0 Å². The number of rotatable bonds is 4. The lowest BCUT2D eigenvalue weighted by Gasteiger charge is -2.25. The zero-order chi connectivity index (χ0) is 19.7. The SMILES string of the molecule is Cc1ccc(C2CN(C(=O)c3ccc(N4CCCC4)cc3)CC2N(C)C)cc1. The average Bonchev–Trinajstić information content (AvgIpc) is 3.38. The molecule has 2 saturated heterocycles. The van der Waals surface area contributed by atoms with Gasteiger partial charge in [-0.15, -0.1) is 0 Å². The highest BCUT2D eigenvalue weighted by molar-refractivity contribution is 5.95. The highest BCUT2D eigenvalue weighted by Gasteiger charge is 2.37. The van der Waals surface area contributed by atoms with E-state index in [0.717, 1.165) is 31.7 Å². The summed E-state index contributed by atoms with van der Waals surface area (Å²) in [5.41, 5.74) is 4.63. The minimum atomic E-state index is 0.148. The molecular formula is C24H31N3O. The Labute approximate surface area is 168 Å². The first-order valence-electron chi connectivity index (χ1n) is 10.4. The topological polar surface area (TPSA) is 26.8 Å². The van der Waals surface area contributed by atoms with E-state index in [4.69, 9.17) is 0 Å². The molecule has 28 heavy (non-hydrogen) atoms. The first-order valence-corrected chi connectivity index (χ1v) is 10.4. The van der Waals surface area contributed by atoms with Crippen LogP contribution in [-0.4, -0.2) is 62.0 Å². The number of aryl methyl sites for hydroxylation is 1. The summed E-state index contributed by atoms with van der Waals surface area (Å²) in [4.78, 5) is 19.9. The molecule has 0 saturated carbocycles. The Morgan fingerprint density at radius 1 is 0.929 bits per heavy atom. The van der Waals surface area contributed by atoms with E-state index in [9.17, 15) is 4.79 Å². The number of anilines is 1. The molecule has 2 aromatic carbocycles. The van der Waals surface area contributed by atoms with Gasteiger partial charge in [-0.25, -0.2) is 0 Å². The number of hydrogen-bond donors (Lipinski definition) is 0. The van der Waals surface area contributed by atoms with Gasteiger partial charge in [0.1, 0.15) is 0 Å². The number of likely N-dealkylation sites (tertiary alicyclic amines) is 1. The van der Waals surface area contributed by atoms with E-state index < -0.39 is 0 Å². The number of amides is 1. The molecule has 0 spiro atoms. The van der Waals surface area contributed by atoms with Gasteiger partial charge < -0.3 is 14.7 Å². The zero-order valence-corrected chi connectivity index (χ0v) is 17.3. The van der Waals surface area contributed by atoms with Gasteiger partial charge in [-0.1, -0.05) is 29.8 Å². The molecule has 0 aliphatic carbocycles. The first-order chi connectivity index (χ1) is 13.5. The molecular weight excluding hydrogens is 346 g/mol. The van der Waals surface area contributed by atoms with Crippen molar-refractivity contribution in [3.8, 4) is 0 Å². The Kier molecular flexibility index (Phi) is 5.40. The van der Waals surface area contributed by atoms with Crippen molar-refractivity contribution in [2.24, 2.45) is 0 Å². The number of likely N-dealkylation sites (N-methyl/N-ethyl adjacent to an activating group) is 1. The summed E-state index contributed by atoms with van der Waals surface area (Å²) in [5, 5.41) is 0. The standard InChI is InChI=1S/C24H31N3O/c1-18-6-8-19(9-7-18)22-16-27(17-23(22)25(2)3)24(28)20-10-12-21(13-11-20)26-14-4-5-15-26/h6-13,22-23H,4-5,14-17H2,1-3H3. The van der Waals surface area contributed by atoms with Crippen LogP contribution in [0, 0.1) is 6.92 Å². The number of hydrogen-bond acceptors (Lipinski definition) is 3. The van der Waals surface area contributed by atoms with Gasteiger partial charge in [0.2, 0.25) is 0 Å². The summed E-state index contributed by atoms with van der Waals surface area (Å²) >= 11 is 0. The van der Waals surface area contributed by atoms with Crippen molar-refractivity contribution in [2.75, 3.05) is 45.2 Å². The first kappa shape index (κ1) is 19.0. The van der Waals surface area contributed by atoms with Crippen LogP contribution < -0.4 is 4.90 Å². The lowest BCUT2D eigenvalue weighted by Crippen LogP contribution is -2.35. The second-order valence-electron chi connectivity index (χ2n) is 8.50. The molecule has 2 aliphatic rings. The maximum absolute atomic E-state index is 13.2. The Hall–Kier alpha value is -2.33. The second kappa shape index (κ2) is 7.96. The zero-order valence-electron chi connectivity index (χ0n) is 17.3. The van der Waals surface area contributed by atoms with Gasteiger partial charge in [-0.3, -0.25) is 4.79 Å². The predicted molar refractivity (Wildman–Crippen MR) is 115 cm³/mol. The van der Waals surface area contributed by atoms with Crippen LogP contribution in [0.5, 0.6) is 0 Å². The van der Waals surface area contributed by atoms with E-state index in [1.165, 1.54) is 29.7 Å². The van der Waals surface area contributed by atoms with Crippen molar-refractivity contribution in [3.63, 3.8) is 0 Å². The summed E-state index contributed by atoms with van der Waals surface area (Å²) in [6.07, 6.45) is 2.53. The summed E-state index contributed by atoms with van der Waals surface area (Å²) in [6.45, 7) is 5.92. The number of carbonyl (C=O) groups excluding carboxylic acids is 1. The molecule has 1 amide bonds. The third kappa shape index (κ3) is 3.79. The molecule has 2 unspecified atom stereocenters. The van der Waals surface area contributed by atoms with Crippen LogP contribution in [0.15, 0.2) is 48.5 Å². The molecule has 4 nitrogen and oxygen atoms in total. The summed E-state index contributed by atoms with van der Waals surface area (Å²) < 4.78 is 0. The van der Waals surface area contributed by atoms with Crippen LogP contribution >= 0.6 is 0 Å². The Morgan fingerprint density at radius 2 is 1.57 bits per heavy atom. The lowest BCUT2D eigenvalue weighted by atomic mass is 9.93. The second-order valence-corrected chi connectivity index (χ2v) is 8.50. The molecule has 0 N–H and O–H groups in total. The smallest absolute Gasteiger partial charge is 0.253 e. The molecule has 4 heteroatoms. The molecule has 2 fully saturated rings. The fourth-order valence-electron chi connectivity index (χ4n) is 4.59. The Bertz CT molecular complexity index is 807. The van der Waals surface area contributed by atoms with E-state index in [0.29, 0.717) is 12.0 Å². The lowest BCUT2D eigenvalue weighted by molar-refractivity contribution is 0.0782. The minimum Gasteiger partial charge on any atom is -0.372 e. The maximum atomic E-state index is 13.2. The van der Waals surface area contributed by atoms with Crippen molar-refractivity contribution in [1.82, 2.24) is 9.80 Å².